The zero-order chi connectivity index (χ0) is 13.2. The molecule has 0 heterocycles. The Labute approximate surface area is 114 Å². The van der Waals surface area contributed by atoms with Crippen LogP contribution in [0.3, 0.4) is 0 Å². The van der Waals surface area contributed by atoms with Gasteiger partial charge in [0.1, 0.15) is 5.78 Å². The Kier molecular flexibility index (Phi) is 3.20. The molecule has 19 heavy (non-hydrogen) atoms. The molecule has 3 rings (SSSR count). The van der Waals surface area contributed by atoms with Gasteiger partial charge in [0.25, 0.3) is 0 Å². The average molecular weight is 250 g/mol. The van der Waals surface area contributed by atoms with E-state index in [1.807, 2.05) is 0 Å². The molecule has 0 aromatic heterocycles. The molecule has 0 amide bonds. The van der Waals surface area contributed by atoms with Crippen molar-refractivity contribution in [1.82, 2.24) is 0 Å². The van der Waals surface area contributed by atoms with E-state index in [0.29, 0.717) is 6.42 Å². The van der Waals surface area contributed by atoms with Crippen LogP contribution in [0.1, 0.15) is 30.0 Å². The lowest BCUT2D eigenvalue weighted by Crippen LogP contribution is -1.95. The number of carbonyl (C=O) groups is 1. The molecular weight excluding hydrogens is 232 g/mol. The van der Waals surface area contributed by atoms with E-state index in [9.17, 15) is 4.79 Å². The Hall–Kier alpha value is -1.89. The second-order valence-electron chi connectivity index (χ2n) is 5.41. The predicted octanol–water partition coefficient (Wildman–Crippen LogP) is 3.97. The smallest absolute Gasteiger partial charge is 0.134 e. The van der Waals surface area contributed by atoms with E-state index in [-0.39, 0.29) is 5.78 Å². The Morgan fingerprint density at radius 2 is 1.63 bits per heavy atom. The van der Waals surface area contributed by atoms with Crippen molar-refractivity contribution in [2.24, 2.45) is 0 Å². The molecular formula is C18H18O. The molecule has 96 valence electrons. The minimum absolute atomic E-state index is 0.213. The van der Waals surface area contributed by atoms with Crippen molar-refractivity contribution in [3.63, 3.8) is 0 Å². The first kappa shape index (κ1) is 12.2. The number of hydrogen-bond acceptors (Lipinski definition) is 1. The van der Waals surface area contributed by atoms with Gasteiger partial charge in [-0.1, -0.05) is 42.5 Å². The fraction of sp³-hybridized carbons (Fsp3) is 0.278. The Morgan fingerprint density at radius 1 is 0.947 bits per heavy atom. The average Bonchev–Trinajstić information content (AvgIpc) is 2.86. The molecule has 0 unspecified atom stereocenters. The van der Waals surface area contributed by atoms with E-state index in [4.69, 9.17) is 0 Å². The van der Waals surface area contributed by atoms with Gasteiger partial charge in [0, 0.05) is 6.42 Å². The van der Waals surface area contributed by atoms with Crippen LogP contribution >= 0.6 is 0 Å². The van der Waals surface area contributed by atoms with E-state index in [0.717, 1.165) is 5.56 Å². The van der Waals surface area contributed by atoms with Crippen molar-refractivity contribution < 1.29 is 4.79 Å². The molecule has 0 saturated heterocycles. The summed E-state index contributed by atoms with van der Waals surface area (Å²) in [6.45, 7) is 1.63. The molecule has 1 aliphatic carbocycles. The third kappa shape index (κ3) is 2.60. The largest absolute Gasteiger partial charge is 0.300 e. The lowest BCUT2D eigenvalue weighted by atomic mass is 9.99. The molecule has 1 heteroatoms. The Bertz CT molecular complexity index is 608. The first-order chi connectivity index (χ1) is 9.22. The number of Topliss-reactive ketones (excluding diaryl/α,β-unsaturated/α-hetero) is 1. The fourth-order valence-electron chi connectivity index (χ4n) is 2.85. The van der Waals surface area contributed by atoms with Gasteiger partial charge in [-0.05, 0) is 54.0 Å². The minimum Gasteiger partial charge on any atom is -0.300 e. The van der Waals surface area contributed by atoms with E-state index in [1.54, 1.807) is 6.92 Å². The van der Waals surface area contributed by atoms with E-state index in [1.165, 1.54) is 41.5 Å². The SMILES string of the molecule is CC(=O)Cc1ccc(-c2ccc3c(c2)CCC3)cc1. The van der Waals surface area contributed by atoms with Crippen molar-refractivity contribution in [1.29, 1.82) is 0 Å². The van der Waals surface area contributed by atoms with Crippen LogP contribution in [0.15, 0.2) is 42.5 Å². The summed E-state index contributed by atoms with van der Waals surface area (Å²) >= 11 is 0. The summed E-state index contributed by atoms with van der Waals surface area (Å²) in [7, 11) is 0. The van der Waals surface area contributed by atoms with Crippen LogP contribution in [0.25, 0.3) is 11.1 Å². The summed E-state index contributed by atoms with van der Waals surface area (Å²) in [4.78, 5) is 11.1. The van der Waals surface area contributed by atoms with Crippen molar-refractivity contribution in [3.8, 4) is 11.1 Å². The molecule has 2 aromatic carbocycles. The molecule has 0 bridgehead atoms. The number of hydrogen-bond donors (Lipinski definition) is 0. The van der Waals surface area contributed by atoms with Crippen molar-refractivity contribution >= 4 is 5.78 Å². The lowest BCUT2D eigenvalue weighted by molar-refractivity contribution is -0.116. The summed E-state index contributed by atoms with van der Waals surface area (Å²) in [5, 5.41) is 0. The number of aryl methyl sites for hydroxylation is 2. The maximum absolute atomic E-state index is 11.1. The maximum Gasteiger partial charge on any atom is 0.134 e. The molecule has 0 spiro atoms. The summed E-state index contributed by atoms with van der Waals surface area (Å²) in [5.41, 5.74) is 6.64. The second kappa shape index (κ2) is 5.00. The molecule has 2 aromatic rings. The van der Waals surface area contributed by atoms with Crippen molar-refractivity contribution in [3.05, 3.63) is 59.2 Å². The van der Waals surface area contributed by atoms with Gasteiger partial charge in [-0.15, -0.1) is 0 Å². The molecule has 0 fully saturated rings. The van der Waals surface area contributed by atoms with Crippen LogP contribution in [-0.4, -0.2) is 5.78 Å². The first-order valence-electron chi connectivity index (χ1n) is 6.93. The third-order valence-electron chi connectivity index (χ3n) is 3.84. The molecule has 0 radical (unpaired) electrons. The molecule has 0 aliphatic heterocycles. The number of fused-ring (bicyclic) bond motifs is 1. The summed E-state index contributed by atoms with van der Waals surface area (Å²) in [6.07, 6.45) is 4.26. The zero-order valence-electron chi connectivity index (χ0n) is 11.3. The number of ketones is 1. The lowest BCUT2D eigenvalue weighted by Gasteiger charge is -2.06. The Morgan fingerprint density at radius 3 is 2.37 bits per heavy atom. The molecule has 1 aliphatic rings. The quantitative estimate of drug-likeness (QED) is 0.805. The van der Waals surface area contributed by atoms with Gasteiger partial charge in [-0.2, -0.15) is 0 Å². The van der Waals surface area contributed by atoms with E-state index < -0.39 is 0 Å². The summed E-state index contributed by atoms with van der Waals surface area (Å²) < 4.78 is 0. The highest BCUT2D eigenvalue weighted by Crippen LogP contribution is 2.28. The maximum atomic E-state index is 11.1. The van der Waals surface area contributed by atoms with Gasteiger partial charge >= 0.3 is 0 Å². The van der Waals surface area contributed by atoms with Crippen LogP contribution < -0.4 is 0 Å². The minimum atomic E-state index is 0.213. The highest BCUT2D eigenvalue weighted by atomic mass is 16.1. The monoisotopic (exact) mass is 250 g/mol. The van der Waals surface area contributed by atoms with Crippen LogP contribution in [0.4, 0.5) is 0 Å². The second-order valence-corrected chi connectivity index (χ2v) is 5.41. The highest BCUT2D eigenvalue weighted by molar-refractivity contribution is 5.78. The standard InChI is InChI=1S/C18H18O/c1-13(19)11-14-5-7-16(8-6-14)18-10-9-15-3-2-4-17(15)12-18/h5-10,12H,2-4,11H2,1H3. The molecule has 0 atom stereocenters. The molecule has 0 N–H and O–H groups in total. The number of rotatable bonds is 3. The van der Waals surface area contributed by atoms with E-state index in [2.05, 4.69) is 42.5 Å². The zero-order valence-corrected chi connectivity index (χ0v) is 11.3. The van der Waals surface area contributed by atoms with Gasteiger partial charge < -0.3 is 0 Å². The molecule has 0 saturated carbocycles. The van der Waals surface area contributed by atoms with Crippen LogP contribution in [0.2, 0.25) is 0 Å². The van der Waals surface area contributed by atoms with Gasteiger partial charge in [-0.25, -0.2) is 0 Å². The fourth-order valence-corrected chi connectivity index (χ4v) is 2.85. The first-order valence-corrected chi connectivity index (χ1v) is 6.93. The summed E-state index contributed by atoms with van der Waals surface area (Å²) in [6, 6.07) is 15.2. The van der Waals surface area contributed by atoms with Crippen LogP contribution in [0.5, 0.6) is 0 Å². The van der Waals surface area contributed by atoms with E-state index >= 15 is 0 Å². The third-order valence-corrected chi connectivity index (χ3v) is 3.84. The Balaban J connectivity index is 1.88. The summed E-state index contributed by atoms with van der Waals surface area (Å²) in [5.74, 6) is 0.213. The van der Waals surface area contributed by atoms with Crippen molar-refractivity contribution in [2.75, 3.05) is 0 Å². The predicted molar refractivity (Wildman–Crippen MR) is 78.3 cm³/mol. The van der Waals surface area contributed by atoms with Crippen molar-refractivity contribution in [2.45, 2.75) is 32.6 Å². The molecule has 1 nitrogen and oxygen atoms in total. The van der Waals surface area contributed by atoms with Crippen LogP contribution in [0, 0.1) is 0 Å². The normalized spacial score (nSPS) is 13.3. The number of carbonyl (C=O) groups excluding carboxylic acids is 1. The number of benzene rings is 2. The van der Waals surface area contributed by atoms with Gasteiger partial charge in [-0.3, -0.25) is 4.79 Å². The topological polar surface area (TPSA) is 17.1 Å². The van der Waals surface area contributed by atoms with Gasteiger partial charge in [0.05, 0.1) is 0 Å². The van der Waals surface area contributed by atoms with Gasteiger partial charge in [0.15, 0.2) is 0 Å². The highest BCUT2D eigenvalue weighted by Gasteiger charge is 2.11. The van der Waals surface area contributed by atoms with Gasteiger partial charge in [0.2, 0.25) is 0 Å². The van der Waals surface area contributed by atoms with Crippen LogP contribution in [-0.2, 0) is 24.1 Å².